The van der Waals surface area contributed by atoms with Crippen molar-refractivity contribution in [3.05, 3.63) is 121 Å². The molecule has 0 aliphatic heterocycles. The second-order valence-corrected chi connectivity index (χ2v) is 8.10. The fourth-order valence-electron chi connectivity index (χ4n) is 3.46. The van der Waals surface area contributed by atoms with Crippen molar-refractivity contribution in [2.75, 3.05) is 6.54 Å². The maximum atomic E-state index is 13.3. The molecule has 0 fully saturated rings. The summed E-state index contributed by atoms with van der Waals surface area (Å²) in [6.45, 7) is 2.03. The fourth-order valence-corrected chi connectivity index (χ4v) is 3.65. The predicted octanol–water partition coefficient (Wildman–Crippen LogP) is 2.77. The lowest BCUT2D eigenvalue weighted by Crippen LogP contribution is -2.46. The normalized spacial score (nSPS) is 10.8. The Balaban J connectivity index is 1.73. The van der Waals surface area contributed by atoms with E-state index in [0.29, 0.717) is 22.7 Å². The summed E-state index contributed by atoms with van der Waals surface area (Å²) in [5.41, 5.74) is 0.888. The second kappa shape index (κ2) is 10.3. The summed E-state index contributed by atoms with van der Waals surface area (Å²) in [5, 5.41) is 7.26. The first kappa shape index (κ1) is 23.1. The highest BCUT2D eigenvalue weighted by atomic mass is 35.5. The number of aryl methyl sites for hydroxylation is 1. The Morgan fingerprint density at radius 3 is 2.56 bits per heavy atom. The van der Waals surface area contributed by atoms with Gasteiger partial charge in [0.15, 0.2) is 0 Å². The van der Waals surface area contributed by atoms with Crippen LogP contribution in [0.3, 0.4) is 0 Å². The Morgan fingerprint density at radius 1 is 1.03 bits per heavy atom. The first-order valence-electron chi connectivity index (χ1n) is 10.7. The summed E-state index contributed by atoms with van der Waals surface area (Å²) in [7, 11) is 0. The number of hydrogen-bond donors (Lipinski definition) is 1. The molecule has 9 heteroatoms. The van der Waals surface area contributed by atoms with E-state index >= 15 is 0 Å². The molecule has 8 nitrogen and oxygen atoms in total. The Kier molecular flexibility index (Phi) is 6.98. The number of halogens is 1. The molecule has 0 spiro atoms. The van der Waals surface area contributed by atoms with Gasteiger partial charge in [-0.1, -0.05) is 48.0 Å². The van der Waals surface area contributed by atoms with E-state index in [1.807, 2.05) is 31.2 Å². The molecule has 0 bridgehead atoms. The van der Waals surface area contributed by atoms with Crippen molar-refractivity contribution in [1.82, 2.24) is 24.6 Å². The summed E-state index contributed by atoms with van der Waals surface area (Å²) >= 11 is 6.26. The molecular weight excluding hydrogens is 454 g/mol. The minimum Gasteiger partial charge on any atom is -0.350 e. The van der Waals surface area contributed by atoms with Gasteiger partial charge in [-0.25, -0.2) is 4.79 Å². The molecule has 0 aliphatic rings. The summed E-state index contributed by atoms with van der Waals surface area (Å²) in [5.74, 6) is -0.671. The smallest absolute Gasteiger partial charge is 0.350 e. The minimum absolute atomic E-state index is 0.0973. The number of amides is 1. The Morgan fingerprint density at radius 2 is 1.82 bits per heavy atom. The largest absolute Gasteiger partial charge is 0.352 e. The van der Waals surface area contributed by atoms with Crippen LogP contribution < -0.4 is 16.6 Å². The van der Waals surface area contributed by atoms with Gasteiger partial charge in [0.2, 0.25) is 5.69 Å². The van der Waals surface area contributed by atoms with Crippen molar-refractivity contribution in [2.45, 2.75) is 19.9 Å². The number of nitrogens with one attached hydrogen (secondary N) is 1. The third-order valence-corrected chi connectivity index (χ3v) is 5.57. The van der Waals surface area contributed by atoms with Gasteiger partial charge in [0.25, 0.3) is 11.5 Å². The molecule has 4 rings (SSSR count). The summed E-state index contributed by atoms with van der Waals surface area (Å²) in [4.78, 5) is 43.6. The predicted molar refractivity (Wildman–Crippen MR) is 130 cm³/mol. The molecule has 4 aromatic rings. The lowest BCUT2D eigenvalue weighted by atomic mass is 10.2. The SMILES string of the molecule is Cc1cccc(-n2nc(C(=O)NCCc3ccccn3)c(=O)n(Cc3ccccc3Cl)c2=O)c1. The number of pyridine rings is 1. The molecule has 0 saturated carbocycles. The van der Waals surface area contributed by atoms with Gasteiger partial charge in [0.05, 0.1) is 12.2 Å². The molecular formula is C25H22ClN5O3. The molecule has 0 atom stereocenters. The van der Waals surface area contributed by atoms with E-state index < -0.39 is 17.2 Å². The second-order valence-electron chi connectivity index (χ2n) is 7.69. The van der Waals surface area contributed by atoms with E-state index in [-0.39, 0.29) is 18.8 Å². The van der Waals surface area contributed by atoms with Crippen molar-refractivity contribution in [1.29, 1.82) is 0 Å². The van der Waals surface area contributed by atoms with Crippen molar-refractivity contribution in [2.24, 2.45) is 0 Å². The monoisotopic (exact) mass is 475 g/mol. The zero-order chi connectivity index (χ0) is 24.1. The van der Waals surface area contributed by atoms with Crippen molar-refractivity contribution in [3.63, 3.8) is 0 Å². The molecule has 1 amide bonds. The molecule has 34 heavy (non-hydrogen) atoms. The highest BCUT2D eigenvalue weighted by molar-refractivity contribution is 6.31. The van der Waals surface area contributed by atoms with Crippen molar-refractivity contribution >= 4 is 17.5 Å². The summed E-state index contributed by atoms with van der Waals surface area (Å²) in [6.07, 6.45) is 2.15. The lowest BCUT2D eigenvalue weighted by molar-refractivity contribution is 0.0944. The van der Waals surface area contributed by atoms with Crippen LogP contribution >= 0.6 is 11.6 Å². The molecule has 0 unspecified atom stereocenters. The maximum absolute atomic E-state index is 13.3. The van der Waals surface area contributed by atoms with Crippen LogP contribution in [0.4, 0.5) is 0 Å². The topological polar surface area (TPSA) is 98.9 Å². The molecule has 2 aromatic carbocycles. The molecule has 0 saturated heterocycles. The number of carbonyl (C=O) groups excluding carboxylic acids is 1. The zero-order valence-corrected chi connectivity index (χ0v) is 19.2. The highest BCUT2D eigenvalue weighted by Gasteiger charge is 2.21. The summed E-state index contributed by atoms with van der Waals surface area (Å²) < 4.78 is 2.04. The quantitative estimate of drug-likeness (QED) is 0.443. The van der Waals surface area contributed by atoms with Gasteiger partial charge >= 0.3 is 5.69 Å². The van der Waals surface area contributed by atoms with Crippen molar-refractivity contribution in [3.8, 4) is 5.69 Å². The van der Waals surface area contributed by atoms with E-state index in [1.54, 1.807) is 48.7 Å². The number of carbonyl (C=O) groups is 1. The van der Waals surface area contributed by atoms with Crippen LogP contribution in [0, 0.1) is 6.92 Å². The number of hydrogen-bond acceptors (Lipinski definition) is 5. The van der Waals surface area contributed by atoms with Crippen LogP contribution in [0.1, 0.15) is 27.3 Å². The molecule has 2 heterocycles. The Bertz CT molecular complexity index is 1450. The zero-order valence-electron chi connectivity index (χ0n) is 18.4. The van der Waals surface area contributed by atoms with Gasteiger partial charge in [-0.3, -0.25) is 19.1 Å². The van der Waals surface area contributed by atoms with Gasteiger partial charge < -0.3 is 5.32 Å². The van der Waals surface area contributed by atoms with Crippen LogP contribution in [0.15, 0.2) is 82.5 Å². The minimum atomic E-state index is -0.788. The molecule has 0 radical (unpaired) electrons. The third-order valence-electron chi connectivity index (χ3n) is 5.20. The Hall–Kier alpha value is -4.04. The van der Waals surface area contributed by atoms with Gasteiger partial charge in [0, 0.05) is 29.9 Å². The first-order valence-corrected chi connectivity index (χ1v) is 11.0. The van der Waals surface area contributed by atoms with Gasteiger partial charge in [0.1, 0.15) is 0 Å². The van der Waals surface area contributed by atoms with Crippen LogP contribution in [0.25, 0.3) is 5.69 Å². The fraction of sp³-hybridized carbons (Fsp3) is 0.160. The average molecular weight is 476 g/mol. The molecule has 172 valence electrons. The number of nitrogens with zero attached hydrogens (tertiary/aromatic N) is 4. The lowest BCUT2D eigenvalue weighted by Gasteiger charge is -2.13. The third kappa shape index (κ3) is 5.13. The number of aromatic nitrogens is 4. The highest BCUT2D eigenvalue weighted by Crippen LogP contribution is 2.15. The standard InChI is InChI=1S/C25H22ClN5O3/c1-17-7-6-10-20(15-17)31-25(34)30(16-18-8-2-3-11-21(18)26)24(33)22(29-31)23(32)28-14-12-19-9-4-5-13-27-19/h2-11,13,15H,12,14,16H2,1H3,(H,28,32). The molecule has 1 N–H and O–H groups in total. The van der Waals surface area contributed by atoms with Gasteiger partial charge in [-0.15, -0.1) is 0 Å². The van der Waals surface area contributed by atoms with E-state index in [2.05, 4.69) is 15.4 Å². The van der Waals surface area contributed by atoms with Crippen LogP contribution in [-0.2, 0) is 13.0 Å². The summed E-state index contributed by atoms with van der Waals surface area (Å²) in [6, 6.07) is 19.5. The van der Waals surface area contributed by atoms with Crippen LogP contribution in [-0.4, -0.2) is 31.8 Å². The molecule has 2 aromatic heterocycles. The van der Waals surface area contributed by atoms with Crippen molar-refractivity contribution < 1.29 is 4.79 Å². The van der Waals surface area contributed by atoms with E-state index in [9.17, 15) is 14.4 Å². The van der Waals surface area contributed by atoms with Gasteiger partial charge in [-0.2, -0.15) is 9.78 Å². The van der Waals surface area contributed by atoms with Crippen LogP contribution in [0.2, 0.25) is 5.02 Å². The average Bonchev–Trinajstić information content (AvgIpc) is 2.83. The van der Waals surface area contributed by atoms with Gasteiger partial charge in [-0.05, 0) is 48.4 Å². The van der Waals surface area contributed by atoms with E-state index in [1.165, 1.54) is 0 Å². The number of benzene rings is 2. The first-order chi connectivity index (χ1) is 16.4. The van der Waals surface area contributed by atoms with E-state index in [0.717, 1.165) is 20.5 Å². The van der Waals surface area contributed by atoms with Crippen LogP contribution in [0.5, 0.6) is 0 Å². The molecule has 0 aliphatic carbocycles. The number of rotatable bonds is 7. The Labute approximate surface area is 200 Å². The maximum Gasteiger partial charge on any atom is 0.352 e. The van der Waals surface area contributed by atoms with E-state index in [4.69, 9.17) is 11.6 Å².